The largest absolute Gasteiger partial charge is 0.459 e. The molecule has 0 saturated carbocycles. The van der Waals surface area contributed by atoms with Gasteiger partial charge in [0.25, 0.3) is 0 Å². The second-order valence-corrected chi connectivity index (χ2v) is 8.23. The lowest BCUT2D eigenvalue weighted by Crippen LogP contribution is -2.38. The number of benzene rings is 2. The molecular formula is C27H35N3O6. The molecule has 3 rings (SSSR count). The highest BCUT2D eigenvalue weighted by Gasteiger charge is 2.11. The first-order valence-corrected chi connectivity index (χ1v) is 12.2. The Balaban J connectivity index is 1.45. The van der Waals surface area contributed by atoms with Gasteiger partial charge in [-0.05, 0) is 40.6 Å². The van der Waals surface area contributed by atoms with Crippen LogP contribution >= 0.6 is 0 Å². The van der Waals surface area contributed by atoms with Crippen molar-refractivity contribution < 1.29 is 28.5 Å². The molecule has 9 nitrogen and oxygen atoms in total. The van der Waals surface area contributed by atoms with Crippen LogP contribution in [-0.4, -0.2) is 97.0 Å². The lowest BCUT2D eigenvalue weighted by Gasteiger charge is -2.26. The minimum Gasteiger partial charge on any atom is -0.459 e. The fraction of sp³-hybridized carbons (Fsp3) is 0.481. The average molecular weight is 498 g/mol. The zero-order chi connectivity index (χ0) is 25.4. The van der Waals surface area contributed by atoms with Crippen molar-refractivity contribution in [3.63, 3.8) is 0 Å². The van der Waals surface area contributed by atoms with Crippen LogP contribution < -0.4 is 5.32 Å². The number of fused-ring (bicyclic) bond motifs is 1. The van der Waals surface area contributed by atoms with Crippen molar-refractivity contribution in [2.75, 3.05) is 91.5 Å². The number of hydrogen-bond acceptors (Lipinski definition) is 9. The van der Waals surface area contributed by atoms with E-state index in [9.17, 15) is 10.1 Å². The topological polar surface area (TPSA) is 102 Å². The number of hydrogen-bond donors (Lipinski definition) is 1. The third kappa shape index (κ3) is 9.57. The first kappa shape index (κ1) is 27.6. The minimum absolute atomic E-state index is 0.0568. The van der Waals surface area contributed by atoms with Gasteiger partial charge < -0.3 is 29.0 Å². The monoisotopic (exact) mass is 497 g/mol. The van der Waals surface area contributed by atoms with Crippen LogP contribution in [-0.2, 0) is 28.5 Å². The average Bonchev–Trinajstić information content (AvgIpc) is 2.91. The highest BCUT2D eigenvalue weighted by molar-refractivity contribution is 5.98. The number of nitrogens with one attached hydrogen (secondary N) is 1. The van der Waals surface area contributed by atoms with E-state index in [0.29, 0.717) is 26.4 Å². The summed E-state index contributed by atoms with van der Waals surface area (Å²) in [5.41, 5.74) is 1.76. The molecule has 2 aromatic rings. The van der Waals surface area contributed by atoms with Gasteiger partial charge in [0, 0.05) is 39.0 Å². The first-order valence-electron chi connectivity index (χ1n) is 12.2. The van der Waals surface area contributed by atoms with Crippen LogP contribution in [0.15, 0.2) is 42.0 Å². The summed E-state index contributed by atoms with van der Waals surface area (Å²) in [5, 5.41) is 15.0. The summed E-state index contributed by atoms with van der Waals surface area (Å²) in [4.78, 5) is 14.7. The summed E-state index contributed by atoms with van der Waals surface area (Å²) in [6.45, 7) is 7.58. The van der Waals surface area contributed by atoms with E-state index >= 15 is 0 Å². The molecule has 1 N–H and O–H groups in total. The molecule has 1 aliphatic rings. The van der Waals surface area contributed by atoms with Crippen molar-refractivity contribution in [2.24, 2.45) is 0 Å². The Bertz CT molecular complexity index is 1030. The zero-order valence-corrected chi connectivity index (χ0v) is 20.9. The Hall–Kier alpha value is -3.00. The number of ether oxygens (including phenoxy) is 5. The molecule has 0 amide bonds. The predicted octanol–water partition coefficient (Wildman–Crippen LogP) is 2.71. The third-order valence-corrected chi connectivity index (χ3v) is 5.64. The number of morpholine rings is 1. The Morgan fingerprint density at radius 3 is 2.47 bits per heavy atom. The first-order chi connectivity index (χ1) is 17.7. The lowest BCUT2D eigenvalue weighted by molar-refractivity contribution is -0.140. The van der Waals surface area contributed by atoms with Crippen molar-refractivity contribution in [3.05, 3.63) is 47.5 Å². The molecule has 0 unspecified atom stereocenters. The second kappa shape index (κ2) is 15.9. The quantitative estimate of drug-likeness (QED) is 0.172. The maximum Gasteiger partial charge on any atom is 0.348 e. The summed E-state index contributed by atoms with van der Waals surface area (Å²) in [5.74, 6) is -0.669. The standard InChI is InChI=1S/C27H35N3O6/c1-32-12-13-34-14-15-35-16-17-36-27(31)25(21-28)19-22-2-3-24-20-26(5-4-23(24)18-22)29-6-7-30-8-10-33-11-9-30/h2-5,18-20,29H,6-17H2,1H3. The van der Waals surface area contributed by atoms with E-state index in [2.05, 4.69) is 16.3 Å². The lowest BCUT2D eigenvalue weighted by atomic mass is 10.0. The van der Waals surface area contributed by atoms with Crippen molar-refractivity contribution in [3.8, 4) is 6.07 Å². The summed E-state index contributed by atoms with van der Waals surface area (Å²) in [7, 11) is 1.61. The molecule has 0 spiro atoms. The van der Waals surface area contributed by atoms with Gasteiger partial charge in [0.2, 0.25) is 0 Å². The number of rotatable bonds is 15. The van der Waals surface area contributed by atoms with Gasteiger partial charge in [-0.1, -0.05) is 18.2 Å². The number of methoxy groups -OCH3 is 1. The predicted molar refractivity (Wildman–Crippen MR) is 138 cm³/mol. The molecule has 0 bridgehead atoms. The fourth-order valence-corrected chi connectivity index (χ4v) is 3.69. The molecule has 1 saturated heterocycles. The van der Waals surface area contributed by atoms with Crippen LogP contribution in [0.1, 0.15) is 5.56 Å². The van der Waals surface area contributed by atoms with Crippen molar-refractivity contribution in [1.82, 2.24) is 4.90 Å². The molecule has 0 radical (unpaired) electrons. The molecule has 0 aromatic heterocycles. The van der Waals surface area contributed by atoms with Gasteiger partial charge in [0.15, 0.2) is 0 Å². The normalized spacial score (nSPS) is 14.5. The van der Waals surface area contributed by atoms with Crippen LogP contribution in [0.25, 0.3) is 16.8 Å². The minimum atomic E-state index is -0.669. The maximum absolute atomic E-state index is 12.3. The second-order valence-electron chi connectivity index (χ2n) is 8.23. The molecule has 0 aliphatic carbocycles. The van der Waals surface area contributed by atoms with Crippen LogP contribution in [0.3, 0.4) is 0 Å². The van der Waals surface area contributed by atoms with Crippen LogP contribution in [0.5, 0.6) is 0 Å². The van der Waals surface area contributed by atoms with Crippen LogP contribution in [0.2, 0.25) is 0 Å². The molecule has 2 aromatic carbocycles. The van der Waals surface area contributed by atoms with E-state index in [1.807, 2.05) is 36.4 Å². The van der Waals surface area contributed by atoms with Gasteiger partial charge in [-0.2, -0.15) is 5.26 Å². The number of nitrogens with zero attached hydrogens (tertiary/aromatic N) is 2. The van der Waals surface area contributed by atoms with Gasteiger partial charge in [-0.15, -0.1) is 0 Å². The maximum atomic E-state index is 12.3. The number of nitriles is 1. The van der Waals surface area contributed by atoms with E-state index in [-0.39, 0.29) is 18.8 Å². The third-order valence-electron chi connectivity index (χ3n) is 5.64. The highest BCUT2D eigenvalue weighted by Crippen LogP contribution is 2.22. The summed E-state index contributed by atoms with van der Waals surface area (Å²) in [6.07, 6.45) is 1.54. The number of carbonyl (C=O) groups excluding carboxylic acids is 1. The molecule has 9 heteroatoms. The number of carbonyl (C=O) groups is 1. The highest BCUT2D eigenvalue weighted by atomic mass is 16.6. The zero-order valence-electron chi connectivity index (χ0n) is 20.9. The van der Waals surface area contributed by atoms with Gasteiger partial charge in [-0.25, -0.2) is 4.79 Å². The Morgan fingerprint density at radius 1 is 1.03 bits per heavy atom. The fourth-order valence-electron chi connectivity index (χ4n) is 3.69. The molecular weight excluding hydrogens is 462 g/mol. The number of esters is 1. The molecule has 1 heterocycles. The Morgan fingerprint density at radius 2 is 1.72 bits per heavy atom. The van der Waals surface area contributed by atoms with E-state index in [4.69, 9.17) is 23.7 Å². The van der Waals surface area contributed by atoms with Crippen LogP contribution in [0.4, 0.5) is 5.69 Å². The van der Waals surface area contributed by atoms with E-state index in [0.717, 1.165) is 61.4 Å². The smallest absolute Gasteiger partial charge is 0.348 e. The van der Waals surface area contributed by atoms with Gasteiger partial charge >= 0.3 is 5.97 Å². The summed E-state index contributed by atoms with van der Waals surface area (Å²) in [6, 6.07) is 13.9. The summed E-state index contributed by atoms with van der Waals surface area (Å²) >= 11 is 0. The van der Waals surface area contributed by atoms with Gasteiger partial charge in [-0.3, -0.25) is 4.90 Å². The Labute approximate surface area is 212 Å². The van der Waals surface area contributed by atoms with Gasteiger partial charge in [0.1, 0.15) is 18.2 Å². The SMILES string of the molecule is COCCOCCOCCOC(=O)C(C#N)=Cc1ccc2cc(NCCN3CCOCC3)ccc2c1. The van der Waals surface area contributed by atoms with Gasteiger partial charge in [0.05, 0.1) is 46.2 Å². The van der Waals surface area contributed by atoms with Crippen molar-refractivity contribution >= 4 is 28.5 Å². The molecule has 194 valence electrons. The molecule has 0 atom stereocenters. The number of anilines is 1. The Kier molecular flexibility index (Phi) is 12.2. The molecule has 36 heavy (non-hydrogen) atoms. The van der Waals surface area contributed by atoms with E-state index in [1.54, 1.807) is 13.2 Å². The molecule has 1 fully saturated rings. The van der Waals surface area contributed by atoms with Crippen LogP contribution in [0, 0.1) is 11.3 Å². The van der Waals surface area contributed by atoms with Crippen molar-refractivity contribution in [1.29, 1.82) is 5.26 Å². The van der Waals surface area contributed by atoms with E-state index in [1.165, 1.54) is 0 Å². The summed E-state index contributed by atoms with van der Waals surface area (Å²) < 4.78 is 26.1. The van der Waals surface area contributed by atoms with E-state index < -0.39 is 5.97 Å². The van der Waals surface area contributed by atoms with Crippen molar-refractivity contribution in [2.45, 2.75) is 0 Å². The molecule has 1 aliphatic heterocycles.